The maximum absolute atomic E-state index is 5.29. The molecule has 0 bridgehead atoms. The minimum atomic E-state index is 0.640. The predicted octanol–water partition coefficient (Wildman–Crippen LogP) is 3.95. The third-order valence-corrected chi connectivity index (χ3v) is 6.05. The van der Waals surface area contributed by atoms with Crippen LogP contribution in [0.5, 0.6) is 5.88 Å². The molecule has 1 fully saturated rings. The molecule has 0 atom stereocenters. The molecule has 28 heavy (non-hydrogen) atoms. The van der Waals surface area contributed by atoms with Crippen LogP contribution in [0.25, 0.3) is 22.2 Å². The minimum absolute atomic E-state index is 0.640. The van der Waals surface area contributed by atoms with Crippen LogP contribution in [0.3, 0.4) is 0 Å². The molecule has 0 aliphatic carbocycles. The number of likely N-dealkylation sites (N-methyl/N-ethyl adjacent to an activating group) is 1. The SMILES string of the molecule is CNCCN1CCC(c2ccc3[nH]c(-c4ccnc(OC)c4)c(C)c3c2)CC1. The van der Waals surface area contributed by atoms with Gasteiger partial charge in [0, 0.05) is 47.5 Å². The number of piperidine rings is 1. The van der Waals surface area contributed by atoms with Gasteiger partial charge in [0.15, 0.2) is 0 Å². The summed E-state index contributed by atoms with van der Waals surface area (Å²) in [6, 6.07) is 11.0. The topological polar surface area (TPSA) is 53.2 Å². The number of aromatic nitrogens is 2. The molecule has 1 aromatic carbocycles. The third-order valence-electron chi connectivity index (χ3n) is 6.05. The van der Waals surface area contributed by atoms with Crippen LogP contribution in [0.4, 0.5) is 0 Å². The maximum atomic E-state index is 5.29. The largest absolute Gasteiger partial charge is 0.481 e. The fourth-order valence-electron chi connectivity index (χ4n) is 4.32. The Morgan fingerprint density at radius 3 is 2.79 bits per heavy atom. The van der Waals surface area contributed by atoms with E-state index in [0.29, 0.717) is 11.8 Å². The average molecular weight is 379 g/mol. The van der Waals surface area contributed by atoms with Gasteiger partial charge in [0.1, 0.15) is 0 Å². The lowest BCUT2D eigenvalue weighted by Gasteiger charge is -2.32. The summed E-state index contributed by atoms with van der Waals surface area (Å²) in [5.41, 5.74) is 6.21. The Kier molecular flexibility index (Phi) is 5.64. The lowest BCUT2D eigenvalue weighted by atomic mass is 9.88. The first kappa shape index (κ1) is 19.0. The normalized spacial score (nSPS) is 16.0. The Labute approximate surface area is 167 Å². The van der Waals surface area contributed by atoms with E-state index in [4.69, 9.17) is 4.74 Å². The van der Waals surface area contributed by atoms with Crippen molar-refractivity contribution < 1.29 is 4.74 Å². The number of benzene rings is 1. The van der Waals surface area contributed by atoms with Gasteiger partial charge in [-0.05, 0) is 75.1 Å². The summed E-state index contributed by atoms with van der Waals surface area (Å²) in [7, 11) is 3.68. The van der Waals surface area contributed by atoms with Crippen molar-refractivity contribution in [3.63, 3.8) is 0 Å². The molecule has 1 aliphatic heterocycles. The van der Waals surface area contributed by atoms with E-state index >= 15 is 0 Å². The standard InChI is InChI=1S/C23H30N4O/c1-16-20-14-18(17-7-11-27(12-8-17)13-10-24-2)4-5-21(20)26-23(16)19-6-9-25-22(15-19)28-3/h4-6,9,14-15,17,24,26H,7-8,10-13H2,1-3H3. The summed E-state index contributed by atoms with van der Waals surface area (Å²) in [5, 5.41) is 4.57. The minimum Gasteiger partial charge on any atom is -0.481 e. The first-order valence-corrected chi connectivity index (χ1v) is 10.2. The van der Waals surface area contributed by atoms with Gasteiger partial charge in [0.25, 0.3) is 0 Å². The summed E-state index contributed by atoms with van der Waals surface area (Å²) >= 11 is 0. The summed E-state index contributed by atoms with van der Waals surface area (Å²) in [6.45, 7) is 6.81. The lowest BCUT2D eigenvalue weighted by molar-refractivity contribution is 0.214. The highest BCUT2D eigenvalue weighted by molar-refractivity contribution is 5.91. The van der Waals surface area contributed by atoms with Crippen LogP contribution in [-0.2, 0) is 0 Å². The summed E-state index contributed by atoms with van der Waals surface area (Å²) in [5.74, 6) is 1.30. The summed E-state index contributed by atoms with van der Waals surface area (Å²) in [4.78, 5) is 10.4. The quantitative estimate of drug-likeness (QED) is 0.682. The van der Waals surface area contributed by atoms with Gasteiger partial charge in [0.2, 0.25) is 5.88 Å². The third kappa shape index (κ3) is 3.77. The van der Waals surface area contributed by atoms with Crippen molar-refractivity contribution >= 4 is 10.9 Å². The molecule has 5 nitrogen and oxygen atoms in total. The van der Waals surface area contributed by atoms with E-state index in [9.17, 15) is 0 Å². The average Bonchev–Trinajstić information content (AvgIpc) is 3.08. The highest BCUT2D eigenvalue weighted by Crippen LogP contribution is 2.34. The van der Waals surface area contributed by atoms with Gasteiger partial charge in [-0.1, -0.05) is 6.07 Å². The van der Waals surface area contributed by atoms with E-state index in [0.717, 1.165) is 24.3 Å². The second-order valence-electron chi connectivity index (χ2n) is 7.74. The van der Waals surface area contributed by atoms with Crippen molar-refractivity contribution in [2.24, 2.45) is 0 Å². The number of rotatable bonds is 6. The molecule has 0 unspecified atom stereocenters. The predicted molar refractivity (Wildman–Crippen MR) is 115 cm³/mol. The second-order valence-corrected chi connectivity index (χ2v) is 7.74. The molecular formula is C23H30N4O. The van der Waals surface area contributed by atoms with Crippen molar-refractivity contribution in [3.05, 3.63) is 47.7 Å². The number of H-pyrrole nitrogens is 1. The van der Waals surface area contributed by atoms with Gasteiger partial charge in [-0.2, -0.15) is 0 Å². The van der Waals surface area contributed by atoms with Crippen LogP contribution in [-0.4, -0.2) is 55.2 Å². The number of ether oxygens (including phenoxy) is 1. The van der Waals surface area contributed by atoms with Gasteiger partial charge in [-0.3, -0.25) is 0 Å². The monoisotopic (exact) mass is 378 g/mol. The van der Waals surface area contributed by atoms with Crippen molar-refractivity contribution in [3.8, 4) is 17.1 Å². The van der Waals surface area contributed by atoms with Crippen molar-refractivity contribution in [1.82, 2.24) is 20.2 Å². The number of nitrogens with zero attached hydrogens (tertiary/aromatic N) is 2. The van der Waals surface area contributed by atoms with Crippen LogP contribution >= 0.6 is 0 Å². The molecule has 1 saturated heterocycles. The maximum Gasteiger partial charge on any atom is 0.213 e. The van der Waals surface area contributed by atoms with E-state index < -0.39 is 0 Å². The highest BCUT2D eigenvalue weighted by Gasteiger charge is 2.21. The van der Waals surface area contributed by atoms with Crippen LogP contribution in [0.2, 0.25) is 0 Å². The van der Waals surface area contributed by atoms with E-state index in [1.165, 1.54) is 48.0 Å². The molecule has 148 valence electrons. The number of likely N-dealkylation sites (tertiary alicyclic amines) is 1. The summed E-state index contributed by atoms with van der Waals surface area (Å²) in [6.07, 6.45) is 4.28. The molecule has 5 heteroatoms. The zero-order valence-electron chi connectivity index (χ0n) is 17.1. The number of hydrogen-bond donors (Lipinski definition) is 2. The molecular weight excluding hydrogens is 348 g/mol. The molecule has 0 saturated carbocycles. The molecule has 0 amide bonds. The lowest BCUT2D eigenvalue weighted by Crippen LogP contribution is -2.37. The van der Waals surface area contributed by atoms with Crippen molar-refractivity contribution in [1.29, 1.82) is 0 Å². The first-order chi connectivity index (χ1) is 13.7. The summed E-state index contributed by atoms with van der Waals surface area (Å²) < 4.78 is 5.29. The van der Waals surface area contributed by atoms with E-state index in [1.54, 1.807) is 13.3 Å². The van der Waals surface area contributed by atoms with Crippen LogP contribution in [0, 0.1) is 6.92 Å². The first-order valence-electron chi connectivity index (χ1n) is 10.2. The van der Waals surface area contributed by atoms with Gasteiger partial charge >= 0.3 is 0 Å². The zero-order valence-corrected chi connectivity index (χ0v) is 17.1. The van der Waals surface area contributed by atoms with Crippen LogP contribution < -0.4 is 10.1 Å². The second kappa shape index (κ2) is 8.33. The van der Waals surface area contributed by atoms with E-state index in [1.807, 2.05) is 19.2 Å². The van der Waals surface area contributed by atoms with Gasteiger partial charge in [0.05, 0.1) is 7.11 Å². The number of nitrogens with one attached hydrogen (secondary N) is 2. The number of pyridine rings is 1. The fraction of sp³-hybridized carbons (Fsp3) is 0.435. The molecule has 0 spiro atoms. The van der Waals surface area contributed by atoms with Crippen LogP contribution in [0.15, 0.2) is 36.5 Å². The molecule has 2 N–H and O–H groups in total. The number of methoxy groups -OCH3 is 1. The Morgan fingerprint density at radius 1 is 1.21 bits per heavy atom. The number of aryl methyl sites for hydroxylation is 1. The Hall–Kier alpha value is -2.37. The van der Waals surface area contributed by atoms with Gasteiger partial charge in [-0.15, -0.1) is 0 Å². The smallest absolute Gasteiger partial charge is 0.213 e. The van der Waals surface area contributed by atoms with Gasteiger partial charge in [-0.25, -0.2) is 4.98 Å². The molecule has 0 radical (unpaired) electrons. The van der Waals surface area contributed by atoms with E-state index in [2.05, 4.69) is 45.3 Å². The zero-order chi connectivity index (χ0) is 19.5. The Morgan fingerprint density at radius 2 is 2.04 bits per heavy atom. The molecule has 1 aliphatic rings. The molecule has 4 rings (SSSR count). The van der Waals surface area contributed by atoms with Crippen molar-refractivity contribution in [2.75, 3.05) is 40.3 Å². The fourth-order valence-corrected chi connectivity index (χ4v) is 4.32. The molecule has 2 aromatic heterocycles. The molecule has 3 aromatic rings. The number of fused-ring (bicyclic) bond motifs is 1. The Bertz CT molecular complexity index is 941. The Balaban J connectivity index is 1.57. The van der Waals surface area contributed by atoms with Gasteiger partial charge < -0.3 is 19.9 Å². The van der Waals surface area contributed by atoms with Crippen molar-refractivity contribution in [2.45, 2.75) is 25.7 Å². The van der Waals surface area contributed by atoms with Crippen LogP contribution in [0.1, 0.15) is 29.9 Å². The number of aromatic amines is 1. The number of hydrogen-bond acceptors (Lipinski definition) is 4. The van der Waals surface area contributed by atoms with E-state index in [-0.39, 0.29) is 0 Å². The molecule has 3 heterocycles. The highest BCUT2D eigenvalue weighted by atomic mass is 16.5.